The molecule has 3 aliphatic carbocycles. The number of carboxylic acid groups (broad SMARTS) is 1. The fraction of sp³-hybridized carbons (Fsp3) is 0.786. The summed E-state index contributed by atoms with van der Waals surface area (Å²) in [5, 5.41) is 18.8. The zero-order valence-corrected chi connectivity index (χ0v) is 12.2. The number of carbonyl (C=O) groups is 1. The van der Waals surface area contributed by atoms with Gasteiger partial charge in [-0.3, -0.25) is 4.79 Å². The van der Waals surface area contributed by atoms with Gasteiger partial charge >= 0.3 is 5.97 Å². The minimum atomic E-state index is -0.676. The van der Waals surface area contributed by atoms with Crippen LogP contribution in [0.2, 0.25) is 0 Å². The molecule has 0 unspecified atom stereocenters. The Labute approximate surface area is 122 Å². The molecule has 0 atom stereocenters. The molecule has 1 aromatic rings. The van der Waals surface area contributed by atoms with Crippen molar-refractivity contribution in [1.29, 1.82) is 0 Å². The van der Waals surface area contributed by atoms with Gasteiger partial charge in [0.1, 0.15) is 5.82 Å². The second-order valence-corrected chi connectivity index (χ2v) is 7.52. The van der Waals surface area contributed by atoms with Gasteiger partial charge in [-0.1, -0.05) is 11.8 Å². The molecule has 1 heterocycles. The summed E-state index contributed by atoms with van der Waals surface area (Å²) in [7, 11) is 0. The first-order valence-electron chi connectivity index (χ1n) is 7.46. The highest BCUT2D eigenvalue weighted by Gasteiger charge is 2.45. The lowest BCUT2D eigenvalue weighted by molar-refractivity contribution is -0.138. The monoisotopic (exact) mass is 293 g/mol. The van der Waals surface area contributed by atoms with Gasteiger partial charge in [0.25, 0.3) is 0 Å². The summed E-state index contributed by atoms with van der Waals surface area (Å²) in [5.41, 5.74) is 0.0244. The summed E-state index contributed by atoms with van der Waals surface area (Å²) in [6.07, 6.45) is 7.36. The summed E-state index contributed by atoms with van der Waals surface area (Å²) in [6, 6.07) is 0.609. The van der Waals surface area contributed by atoms with Crippen LogP contribution in [0.25, 0.3) is 0 Å². The molecule has 0 aliphatic heterocycles. The molecule has 108 valence electrons. The highest BCUT2D eigenvalue weighted by atomic mass is 32.2. The van der Waals surface area contributed by atoms with E-state index in [9.17, 15) is 4.79 Å². The van der Waals surface area contributed by atoms with Crippen LogP contribution in [-0.2, 0) is 4.79 Å². The van der Waals surface area contributed by atoms with Crippen molar-refractivity contribution in [3.8, 4) is 0 Å². The van der Waals surface area contributed by atoms with Crippen LogP contribution in [0.15, 0.2) is 5.16 Å². The molecule has 0 amide bonds. The van der Waals surface area contributed by atoms with Crippen LogP contribution in [0.5, 0.6) is 0 Å². The average Bonchev–Trinajstić information content (AvgIpc) is 3.25. The number of carboxylic acids is 1. The van der Waals surface area contributed by atoms with Gasteiger partial charge in [-0.2, -0.15) is 0 Å². The quantitative estimate of drug-likeness (QED) is 0.783. The lowest BCUT2D eigenvalue weighted by Gasteiger charge is -2.12. The standard InChI is InChI=1S/C14H19N3O2S/c18-11(19)7-14(5-6-14)8-20-13-16-15-12(9-1-2-9)17(13)10-3-4-10/h9-10H,1-8H2,(H,18,19). The van der Waals surface area contributed by atoms with Crippen molar-refractivity contribution in [2.45, 2.75) is 62.1 Å². The van der Waals surface area contributed by atoms with Crippen molar-refractivity contribution >= 4 is 17.7 Å². The lowest BCUT2D eigenvalue weighted by Crippen LogP contribution is -2.12. The normalized spacial score (nSPS) is 23.8. The van der Waals surface area contributed by atoms with Crippen molar-refractivity contribution in [3.05, 3.63) is 5.82 Å². The zero-order valence-electron chi connectivity index (χ0n) is 11.4. The second-order valence-electron chi connectivity index (χ2n) is 6.58. The molecule has 3 aliphatic rings. The Hall–Kier alpha value is -1.04. The molecule has 1 aromatic heterocycles. The molecular formula is C14H19N3O2S. The first-order valence-corrected chi connectivity index (χ1v) is 8.45. The Kier molecular flexibility index (Phi) is 2.84. The van der Waals surface area contributed by atoms with E-state index in [1.807, 2.05) is 0 Å². The number of thioether (sulfide) groups is 1. The van der Waals surface area contributed by atoms with Crippen LogP contribution >= 0.6 is 11.8 Å². The fourth-order valence-corrected chi connectivity index (χ4v) is 4.08. The molecule has 6 heteroatoms. The van der Waals surface area contributed by atoms with Crippen molar-refractivity contribution in [3.63, 3.8) is 0 Å². The molecule has 0 spiro atoms. The molecule has 4 rings (SSSR count). The lowest BCUT2D eigenvalue weighted by atomic mass is 10.1. The number of rotatable bonds is 7. The first kappa shape index (κ1) is 12.7. The van der Waals surface area contributed by atoms with Crippen molar-refractivity contribution in [2.24, 2.45) is 5.41 Å². The van der Waals surface area contributed by atoms with Crippen molar-refractivity contribution in [2.75, 3.05) is 5.75 Å². The van der Waals surface area contributed by atoms with E-state index < -0.39 is 5.97 Å². The predicted molar refractivity (Wildman–Crippen MR) is 74.9 cm³/mol. The third-order valence-electron chi connectivity index (χ3n) is 4.54. The summed E-state index contributed by atoms with van der Waals surface area (Å²) in [4.78, 5) is 10.9. The summed E-state index contributed by atoms with van der Waals surface area (Å²) in [5.74, 6) is 2.00. The molecule has 0 aromatic carbocycles. The second kappa shape index (κ2) is 4.48. The summed E-state index contributed by atoms with van der Waals surface area (Å²) in [6.45, 7) is 0. The van der Waals surface area contributed by atoms with Gasteiger partial charge in [0.05, 0.1) is 6.42 Å². The van der Waals surface area contributed by atoms with Gasteiger partial charge < -0.3 is 9.67 Å². The minimum absolute atomic E-state index is 0.0244. The maximum Gasteiger partial charge on any atom is 0.303 e. The van der Waals surface area contributed by atoms with E-state index in [0.717, 1.165) is 23.8 Å². The van der Waals surface area contributed by atoms with E-state index in [1.165, 1.54) is 31.5 Å². The van der Waals surface area contributed by atoms with E-state index in [4.69, 9.17) is 5.11 Å². The molecule has 0 radical (unpaired) electrons. The highest BCUT2D eigenvalue weighted by Crippen LogP contribution is 2.53. The molecule has 5 nitrogen and oxygen atoms in total. The third-order valence-corrected chi connectivity index (χ3v) is 5.83. The smallest absolute Gasteiger partial charge is 0.303 e. The maximum absolute atomic E-state index is 10.9. The van der Waals surface area contributed by atoms with Gasteiger partial charge in [-0.05, 0) is 43.9 Å². The van der Waals surface area contributed by atoms with Gasteiger partial charge in [0.2, 0.25) is 0 Å². The largest absolute Gasteiger partial charge is 0.481 e. The van der Waals surface area contributed by atoms with Crippen LogP contribution < -0.4 is 0 Å². The fourth-order valence-electron chi connectivity index (χ4n) is 2.77. The number of hydrogen-bond acceptors (Lipinski definition) is 4. The summed E-state index contributed by atoms with van der Waals surface area (Å²) >= 11 is 1.72. The van der Waals surface area contributed by atoms with Crippen molar-refractivity contribution < 1.29 is 9.90 Å². The van der Waals surface area contributed by atoms with Gasteiger partial charge in [-0.15, -0.1) is 10.2 Å². The van der Waals surface area contributed by atoms with E-state index in [2.05, 4.69) is 14.8 Å². The maximum atomic E-state index is 10.9. The van der Waals surface area contributed by atoms with Crippen LogP contribution in [-0.4, -0.2) is 31.6 Å². The minimum Gasteiger partial charge on any atom is -0.481 e. The number of nitrogens with zero attached hydrogens (tertiary/aromatic N) is 3. The Bertz CT molecular complexity index is 545. The highest BCUT2D eigenvalue weighted by molar-refractivity contribution is 7.99. The Morgan fingerprint density at radius 3 is 2.60 bits per heavy atom. The van der Waals surface area contributed by atoms with E-state index in [0.29, 0.717) is 18.4 Å². The van der Waals surface area contributed by atoms with Crippen LogP contribution in [0, 0.1) is 5.41 Å². The third kappa shape index (κ3) is 2.45. The molecule has 3 fully saturated rings. The Morgan fingerprint density at radius 2 is 2.05 bits per heavy atom. The number of aromatic nitrogens is 3. The molecule has 3 saturated carbocycles. The van der Waals surface area contributed by atoms with Gasteiger partial charge in [0.15, 0.2) is 5.16 Å². The van der Waals surface area contributed by atoms with E-state index in [1.54, 1.807) is 11.8 Å². The average molecular weight is 293 g/mol. The molecule has 0 bridgehead atoms. The SMILES string of the molecule is O=C(O)CC1(CSc2nnc(C3CC3)n2C2CC2)CC1. The predicted octanol–water partition coefficient (Wildman–Crippen LogP) is 2.84. The molecule has 20 heavy (non-hydrogen) atoms. The summed E-state index contributed by atoms with van der Waals surface area (Å²) < 4.78 is 2.35. The zero-order chi connectivity index (χ0) is 13.7. The molecule has 0 saturated heterocycles. The topological polar surface area (TPSA) is 68.0 Å². The Balaban J connectivity index is 1.47. The van der Waals surface area contributed by atoms with Crippen LogP contribution in [0.1, 0.15) is 62.7 Å². The van der Waals surface area contributed by atoms with Gasteiger partial charge in [0, 0.05) is 17.7 Å². The van der Waals surface area contributed by atoms with E-state index in [-0.39, 0.29) is 5.41 Å². The van der Waals surface area contributed by atoms with Crippen LogP contribution in [0.3, 0.4) is 0 Å². The van der Waals surface area contributed by atoms with E-state index >= 15 is 0 Å². The van der Waals surface area contributed by atoms with Crippen LogP contribution in [0.4, 0.5) is 0 Å². The number of hydrogen-bond donors (Lipinski definition) is 1. The number of aliphatic carboxylic acids is 1. The molecule has 1 N–H and O–H groups in total. The van der Waals surface area contributed by atoms with Gasteiger partial charge in [-0.25, -0.2) is 0 Å². The van der Waals surface area contributed by atoms with Crippen molar-refractivity contribution in [1.82, 2.24) is 14.8 Å². The molecular weight excluding hydrogens is 274 g/mol. The first-order chi connectivity index (χ1) is 9.67. The Morgan fingerprint density at radius 1 is 1.30 bits per heavy atom.